The summed E-state index contributed by atoms with van der Waals surface area (Å²) < 4.78 is 50.5. The Hall–Kier alpha value is -7.14. The fourth-order valence-electron chi connectivity index (χ4n) is 6.57. The molecule has 1 unspecified atom stereocenters. The third-order valence-electron chi connectivity index (χ3n) is 9.85. The summed E-state index contributed by atoms with van der Waals surface area (Å²) in [5, 5.41) is 42.8. The summed E-state index contributed by atoms with van der Waals surface area (Å²) in [5.74, 6) is -3.73. The molecule has 0 amide bonds. The molecule has 5 aromatic rings. The minimum absolute atomic E-state index is 0.00471. The van der Waals surface area contributed by atoms with Gasteiger partial charge in [-0.3, -0.25) is 19.2 Å². The van der Waals surface area contributed by atoms with E-state index in [2.05, 4.69) is 42.3 Å². The number of esters is 3. The Morgan fingerprint density at radius 1 is 0.899 bits per heavy atom. The van der Waals surface area contributed by atoms with E-state index in [0.29, 0.717) is 35.0 Å². The van der Waals surface area contributed by atoms with Crippen LogP contribution in [-0.2, 0) is 48.1 Å². The van der Waals surface area contributed by atoms with Crippen LogP contribution in [-0.4, -0.2) is 126 Å². The number of carboxylic acids is 1. The second kappa shape index (κ2) is 24.8. The fraction of sp³-hybridized carbons (Fsp3) is 0.432. The van der Waals surface area contributed by atoms with Crippen molar-refractivity contribution in [3.8, 4) is 11.2 Å². The largest absolute Gasteiger partial charge is 0.481 e. The van der Waals surface area contributed by atoms with Gasteiger partial charge in [-0.1, -0.05) is 36.0 Å². The monoisotopic (exact) mass is 990 g/mol. The van der Waals surface area contributed by atoms with E-state index in [1.165, 1.54) is 36.0 Å². The number of sulfonamides is 1. The van der Waals surface area contributed by atoms with E-state index in [1.54, 1.807) is 21.0 Å². The van der Waals surface area contributed by atoms with E-state index in [1.807, 2.05) is 32.9 Å². The lowest BCUT2D eigenvalue weighted by Crippen LogP contribution is -2.40. The van der Waals surface area contributed by atoms with Gasteiger partial charge in [0, 0.05) is 32.5 Å². The Kier molecular flexibility index (Phi) is 19.0. The number of hydrogen-bond acceptors (Lipinski definition) is 21. The number of hydrogen-bond donors (Lipinski definition) is 4. The molecule has 3 aromatic heterocycles. The van der Waals surface area contributed by atoms with Gasteiger partial charge in [-0.25, -0.2) is 18.1 Å². The number of nitriles is 1. The zero-order valence-electron chi connectivity index (χ0n) is 39.2. The van der Waals surface area contributed by atoms with Gasteiger partial charge in [0.2, 0.25) is 26.9 Å². The number of benzene rings is 2. The molecule has 0 saturated carbocycles. The zero-order valence-corrected chi connectivity index (χ0v) is 40.8. The number of thiazole rings is 1. The maximum Gasteiger partial charge on any atom is 0.321 e. The van der Waals surface area contributed by atoms with E-state index in [-0.39, 0.29) is 83.0 Å². The molecule has 69 heavy (non-hydrogen) atoms. The number of nitrogens with zero attached hydrogens (tertiary/aromatic N) is 9. The van der Waals surface area contributed by atoms with Gasteiger partial charge in [0.15, 0.2) is 17.3 Å². The highest BCUT2D eigenvalue weighted by molar-refractivity contribution is 7.89. The van der Waals surface area contributed by atoms with Crippen LogP contribution >= 0.6 is 11.3 Å². The molecule has 23 nitrogen and oxygen atoms in total. The number of carbonyl (C=O) groups is 4. The van der Waals surface area contributed by atoms with Crippen molar-refractivity contribution in [2.24, 2.45) is 16.1 Å². The molecule has 3 heterocycles. The molecule has 0 spiro atoms. The van der Waals surface area contributed by atoms with E-state index in [4.69, 9.17) is 34.0 Å². The lowest BCUT2D eigenvalue weighted by atomic mass is 10.1. The topological polar surface area (TPSA) is 304 Å². The van der Waals surface area contributed by atoms with Gasteiger partial charge in [-0.2, -0.15) is 19.5 Å². The van der Waals surface area contributed by atoms with Crippen molar-refractivity contribution in [2.45, 2.75) is 65.7 Å². The number of fused-ring (bicyclic) bond motifs is 1. The number of anilines is 4. The van der Waals surface area contributed by atoms with Crippen LogP contribution in [0, 0.1) is 38.0 Å². The summed E-state index contributed by atoms with van der Waals surface area (Å²) in [6.07, 6.45) is 2.03. The number of methoxy groups -OCH3 is 1. The summed E-state index contributed by atoms with van der Waals surface area (Å²) in [7, 11) is -2.85. The molecule has 1 atom stereocenters. The summed E-state index contributed by atoms with van der Waals surface area (Å²) in [5.41, 5.74) is 4.22. The van der Waals surface area contributed by atoms with Crippen LogP contribution in [0.3, 0.4) is 0 Å². The molecule has 25 heteroatoms. The van der Waals surface area contributed by atoms with Gasteiger partial charge in [-0.15, -0.1) is 15.3 Å². The van der Waals surface area contributed by atoms with Gasteiger partial charge < -0.3 is 40.0 Å². The van der Waals surface area contributed by atoms with E-state index < -0.39 is 52.9 Å². The number of carboxylic acid groups (broad SMARTS) is 1. The Bertz CT molecular complexity index is 2800. The molecular weight excluding hydrogens is 937 g/mol. The number of carbonyl (C=O) groups excluding carboxylic acids is 3. The first kappa shape index (κ1) is 52.8. The number of aromatic nitrogens is 5. The lowest BCUT2D eigenvalue weighted by Gasteiger charge is -2.20. The second-order valence-electron chi connectivity index (χ2n) is 15.3. The summed E-state index contributed by atoms with van der Waals surface area (Å²) in [6, 6.07) is 10.3. The van der Waals surface area contributed by atoms with Crippen LogP contribution in [0.4, 0.5) is 34.8 Å². The lowest BCUT2D eigenvalue weighted by molar-refractivity contribution is -0.151. The molecule has 2 aromatic carbocycles. The summed E-state index contributed by atoms with van der Waals surface area (Å²) >= 11 is 1.14. The summed E-state index contributed by atoms with van der Waals surface area (Å²) in [6.45, 7) is 10.1. The van der Waals surface area contributed by atoms with E-state index in [9.17, 15) is 32.9 Å². The first-order valence-electron chi connectivity index (χ1n) is 21.7. The first-order chi connectivity index (χ1) is 33.0. The van der Waals surface area contributed by atoms with Crippen molar-refractivity contribution in [2.75, 3.05) is 75.7 Å². The highest BCUT2D eigenvalue weighted by Gasteiger charge is 2.31. The molecular formula is C44H54N12O11S2. The number of ether oxygens (including phenoxy) is 4. The van der Waals surface area contributed by atoms with Crippen molar-refractivity contribution in [1.82, 2.24) is 29.0 Å². The third kappa shape index (κ3) is 14.4. The molecule has 5 rings (SSSR count). The van der Waals surface area contributed by atoms with Gasteiger partial charge in [-0.05, 0) is 76.8 Å². The second-order valence-corrected chi connectivity index (χ2v) is 18.3. The van der Waals surface area contributed by atoms with Crippen LogP contribution in [0.2, 0.25) is 0 Å². The van der Waals surface area contributed by atoms with Gasteiger partial charge in [0.05, 0.1) is 53.5 Å². The van der Waals surface area contributed by atoms with Crippen LogP contribution in [0.1, 0.15) is 62.3 Å². The average Bonchev–Trinajstić information content (AvgIpc) is 3.92. The van der Waals surface area contributed by atoms with Crippen LogP contribution < -0.4 is 16.0 Å². The van der Waals surface area contributed by atoms with Crippen molar-refractivity contribution >= 4 is 90.2 Å². The van der Waals surface area contributed by atoms with Crippen LogP contribution in [0.15, 0.2) is 51.7 Å². The SMILES string of the molecule is CCOC(=O)CN(CC(=O)OCC)S(=O)(=O)c1ccc2sc(-n3cc(C#N)c(N=Nc4c(NCCCOC)nc(Nc5c(C)cc(C)cc5C)nc4NCCCOC(=O)CC(C)C(=O)O)n3)nc2c1. The quantitative estimate of drug-likeness (QED) is 0.0206. The molecule has 0 fully saturated rings. The van der Waals surface area contributed by atoms with E-state index >= 15 is 0 Å². The smallest absolute Gasteiger partial charge is 0.321 e. The Morgan fingerprint density at radius 2 is 1.52 bits per heavy atom. The third-order valence-corrected chi connectivity index (χ3v) is 12.7. The number of nitrogens with one attached hydrogen (secondary N) is 3. The van der Waals surface area contributed by atoms with E-state index in [0.717, 1.165) is 33.7 Å². The Morgan fingerprint density at radius 3 is 2.10 bits per heavy atom. The minimum atomic E-state index is -4.44. The number of azo groups is 1. The zero-order chi connectivity index (χ0) is 50.3. The van der Waals surface area contributed by atoms with Crippen LogP contribution in [0.25, 0.3) is 15.3 Å². The fourth-order valence-corrected chi connectivity index (χ4v) is 8.79. The number of aryl methyl sites for hydroxylation is 3. The standard InChI is InChI=1S/C44H54N12O11S2/c1-8-65-35(58)24-55(25-36(59)66-9-2)69(62,63)31-12-13-33-32(21-31)48-44(68-33)56-23-30(22-45)39(54-56)53-52-38-40(46-14-10-16-64-7)50-43(49-37-27(4)18-26(3)19-28(37)5)51-41(38)47-15-11-17-67-34(57)20-29(6)42(60)61/h12-13,18-19,21,23,29H,8-11,14-17,20,24-25H2,1-7H3,(H,60,61)(H3,46,47,49,50,51). The Balaban J connectivity index is 1.49. The maximum atomic E-state index is 13.8. The molecule has 0 saturated heterocycles. The normalized spacial score (nSPS) is 11.9. The predicted molar refractivity (Wildman–Crippen MR) is 254 cm³/mol. The highest BCUT2D eigenvalue weighted by Crippen LogP contribution is 2.36. The summed E-state index contributed by atoms with van der Waals surface area (Å²) in [4.78, 5) is 62.0. The van der Waals surface area contributed by atoms with Crippen molar-refractivity contribution in [3.05, 3.63) is 58.8 Å². The average molecular weight is 991 g/mol. The van der Waals surface area contributed by atoms with Gasteiger partial charge in [0.25, 0.3) is 0 Å². The highest BCUT2D eigenvalue weighted by atomic mass is 32.2. The molecule has 0 aliphatic heterocycles. The Labute approximate surface area is 402 Å². The van der Waals surface area contributed by atoms with Crippen LogP contribution in [0.5, 0.6) is 0 Å². The van der Waals surface area contributed by atoms with Gasteiger partial charge >= 0.3 is 23.9 Å². The molecule has 4 N–H and O–H groups in total. The van der Waals surface area contributed by atoms with Crippen molar-refractivity contribution in [1.29, 1.82) is 5.26 Å². The predicted octanol–water partition coefficient (Wildman–Crippen LogP) is 6.25. The first-order valence-corrected chi connectivity index (χ1v) is 24.0. The molecule has 368 valence electrons. The van der Waals surface area contributed by atoms with Gasteiger partial charge in [0.1, 0.15) is 24.7 Å². The number of aliphatic carboxylic acids is 1. The number of rotatable bonds is 26. The molecule has 0 aliphatic carbocycles. The van der Waals surface area contributed by atoms with Crippen molar-refractivity contribution in [3.63, 3.8) is 0 Å². The molecule has 0 bridgehead atoms. The maximum absolute atomic E-state index is 13.8. The minimum Gasteiger partial charge on any atom is -0.481 e. The molecule has 0 radical (unpaired) electrons. The van der Waals surface area contributed by atoms with Crippen molar-refractivity contribution < 1.29 is 51.6 Å². The molecule has 0 aliphatic rings.